The molecule has 0 bridgehead atoms. The van der Waals surface area contributed by atoms with Crippen LogP contribution in [0.25, 0.3) is 0 Å². The van der Waals surface area contributed by atoms with Gasteiger partial charge >= 0.3 is 0 Å². The predicted molar refractivity (Wildman–Crippen MR) is 59.1 cm³/mol. The van der Waals surface area contributed by atoms with Crippen molar-refractivity contribution in [3.63, 3.8) is 0 Å². The molecule has 1 aliphatic rings. The van der Waals surface area contributed by atoms with Crippen LogP contribution in [0.3, 0.4) is 0 Å². The van der Waals surface area contributed by atoms with E-state index >= 15 is 0 Å². The van der Waals surface area contributed by atoms with Gasteiger partial charge in [0.1, 0.15) is 6.61 Å². The van der Waals surface area contributed by atoms with E-state index in [0.29, 0.717) is 18.6 Å². The zero-order chi connectivity index (χ0) is 10.4. The molecule has 0 radical (unpaired) electrons. The lowest BCUT2D eigenvalue weighted by Crippen LogP contribution is -2.34. The summed E-state index contributed by atoms with van der Waals surface area (Å²) in [5.41, 5.74) is 0. The minimum Gasteiger partial charge on any atom is -0.365 e. The summed E-state index contributed by atoms with van der Waals surface area (Å²) in [7, 11) is 2.16. The lowest BCUT2D eigenvalue weighted by atomic mass is 10.1. The molecule has 1 heterocycles. The molecule has 0 aromatic rings. The number of piperidine rings is 1. The molecule has 0 atom stereocenters. The number of hydrogen-bond donors (Lipinski definition) is 0. The maximum Gasteiger partial charge on any atom is 0.108 e. The zero-order valence-corrected chi connectivity index (χ0v) is 9.55. The van der Waals surface area contributed by atoms with Crippen LogP contribution in [0, 0.1) is 17.8 Å². The van der Waals surface area contributed by atoms with Gasteiger partial charge in [-0.05, 0) is 19.9 Å². The molecule has 0 N–H and O–H groups in total. The molecule has 0 saturated carbocycles. The predicted octanol–water partition coefficient (Wildman–Crippen LogP) is 1.76. The van der Waals surface area contributed by atoms with E-state index in [-0.39, 0.29) is 0 Å². The van der Waals surface area contributed by atoms with Gasteiger partial charge in [-0.1, -0.05) is 25.7 Å². The van der Waals surface area contributed by atoms with Crippen molar-refractivity contribution in [2.75, 3.05) is 26.7 Å². The van der Waals surface area contributed by atoms with Gasteiger partial charge in [-0.25, -0.2) is 0 Å². The van der Waals surface area contributed by atoms with Crippen molar-refractivity contribution in [3.8, 4) is 11.8 Å². The van der Waals surface area contributed by atoms with Crippen molar-refractivity contribution in [2.24, 2.45) is 5.92 Å². The summed E-state index contributed by atoms with van der Waals surface area (Å²) < 4.78 is 5.68. The Hall–Kier alpha value is -0.520. The molecule has 0 aromatic carbocycles. The number of nitrogens with zero attached hydrogens (tertiary/aromatic N) is 1. The van der Waals surface area contributed by atoms with E-state index < -0.39 is 0 Å². The van der Waals surface area contributed by atoms with Crippen molar-refractivity contribution in [1.29, 1.82) is 0 Å². The first-order valence-electron chi connectivity index (χ1n) is 5.47. The Balaban J connectivity index is 2.11. The van der Waals surface area contributed by atoms with Crippen molar-refractivity contribution in [3.05, 3.63) is 0 Å². The standard InChI is InChI=1S/C12H21NO/c1-11(2)5-4-10-14-12-6-8-13(3)9-7-12/h11-12H,6-10H2,1-3H3. The molecular weight excluding hydrogens is 174 g/mol. The Kier molecular flexibility index (Phi) is 5.00. The fraction of sp³-hybridized carbons (Fsp3) is 0.833. The van der Waals surface area contributed by atoms with Crippen LogP contribution < -0.4 is 0 Å². The molecular formula is C12H21NO. The third-order valence-electron chi connectivity index (χ3n) is 2.45. The second kappa shape index (κ2) is 6.06. The minimum atomic E-state index is 0.438. The molecule has 0 aromatic heterocycles. The van der Waals surface area contributed by atoms with Crippen molar-refractivity contribution in [2.45, 2.75) is 32.8 Å². The molecule has 1 aliphatic heterocycles. The Bertz CT molecular complexity index is 206. The van der Waals surface area contributed by atoms with E-state index in [2.05, 4.69) is 37.6 Å². The fourth-order valence-corrected chi connectivity index (χ4v) is 1.56. The van der Waals surface area contributed by atoms with Gasteiger partial charge < -0.3 is 9.64 Å². The molecule has 0 spiro atoms. The SMILES string of the molecule is CC(C)C#CCOC1CCN(C)CC1. The summed E-state index contributed by atoms with van der Waals surface area (Å²) in [6.45, 7) is 7.11. The van der Waals surface area contributed by atoms with Gasteiger partial charge in [0.05, 0.1) is 6.10 Å². The minimum absolute atomic E-state index is 0.438. The van der Waals surface area contributed by atoms with E-state index in [1.54, 1.807) is 0 Å². The maximum absolute atomic E-state index is 5.68. The average molecular weight is 195 g/mol. The van der Waals surface area contributed by atoms with Gasteiger partial charge in [0.25, 0.3) is 0 Å². The molecule has 0 unspecified atom stereocenters. The molecule has 2 nitrogen and oxygen atoms in total. The first-order chi connectivity index (χ1) is 6.68. The molecule has 1 saturated heterocycles. The highest BCUT2D eigenvalue weighted by Crippen LogP contribution is 2.11. The van der Waals surface area contributed by atoms with E-state index in [4.69, 9.17) is 4.74 Å². The topological polar surface area (TPSA) is 12.5 Å². The van der Waals surface area contributed by atoms with E-state index in [0.717, 1.165) is 25.9 Å². The lowest BCUT2D eigenvalue weighted by Gasteiger charge is -2.28. The van der Waals surface area contributed by atoms with Crippen molar-refractivity contribution < 1.29 is 4.74 Å². The van der Waals surface area contributed by atoms with Crippen LogP contribution >= 0.6 is 0 Å². The summed E-state index contributed by atoms with van der Waals surface area (Å²) in [6, 6.07) is 0. The molecule has 2 heteroatoms. The molecule has 0 amide bonds. The van der Waals surface area contributed by atoms with Gasteiger partial charge in [-0.2, -0.15) is 0 Å². The van der Waals surface area contributed by atoms with Gasteiger partial charge in [-0.3, -0.25) is 0 Å². The van der Waals surface area contributed by atoms with Crippen LogP contribution in [0.5, 0.6) is 0 Å². The van der Waals surface area contributed by atoms with Crippen LogP contribution in [0.15, 0.2) is 0 Å². The van der Waals surface area contributed by atoms with Gasteiger partial charge in [0.2, 0.25) is 0 Å². The third kappa shape index (κ3) is 4.64. The van der Waals surface area contributed by atoms with E-state index in [1.807, 2.05) is 0 Å². The maximum atomic E-state index is 5.68. The van der Waals surface area contributed by atoms with Crippen LogP contribution in [0.2, 0.25) is 0 Å². The fourth-order valence-electron chi connectivity index (χ4n) is 1.56. The number of hydrogen-bond acceptors (Lipinski definition) is 2. The van der Waals surface area contributed by atoms with Gasteiger partial charge in [0, 0.05) is 19.0 Å². The molecule has 80 valence electrons. The highest BCUT2D eigenvalue weighted by atomic mass is 16.5. The van der Waals surface area contributed by atoms with E-state index in [9.17, 15) is 0 Å². The smallest absolute Gasteiger partial charge is 0.108 e. The molecule has 14 heavy (non-hydrogen) atoms. The third-order valence-corrected chi connectivity index (χ3v) is 2.45. The summed E-state index contributed by atoms with van der Waals surface area (Å²) in [6.07, 6.45) is 2.74. The van der Waals surface area contributed by atoms with Crippen LogP contribution in [-0.4, -0.2) is 37.7 Å². The van der Waals surface area contributed by atoms with Crippen LogP contribution in [0.1, 0.15) is 26.7 Å². The summed E-state index contributed by atoms with van der Waals surface area (Å²) in [5.74, 6) is 6.62. The summed E-state index contributed by atoms with van der Waals surface area (Å²) in [4.78, 5) is 2.35. The molecule has 0 aliphatic carbocycles. The normalized spacial score (nSPS) is 19.4. The van der Waals surface area contributed by atoms with E-state index in [1.165, 1.54) is 0 Å². The van der Waals surface area contributed by atoms with Crippen molar-refractivity contribution >= 4 is 0 Å². The highest BCUT2D eigenvalue weighted by molar-refractivity contribution is 5.01. The highest BCUT2D eigenvalue weighted by Gasteiger charge is 2.15. The van der Waals surface area contributed by atoms with Gasteiger partial charge in [-0.15, -0.1) is 0 Å². The second-order valence-corrected chi connectivity index (χ2v) is 4.29. The first kappa shape index (κ1) is 11.6. The monoisotopic (exact) mass is 195 g/mol. The quantitative estimate of drug-likeness (QED) is 0.622. The second-order valence-electron chi connectivity index (χ2n) is 4.29. The number of likely N-dealkylation sites (tertiary alicyclic amines) is 1. The molecule has 1 rings (SSSR count). The first-order valence-corrected chi connectivity index (χ1v) is 5.47. The Morgan fingerprint density at radius 1 is 1.36 bits per heavy atom. The lowest BCUT2D eigenvalue weighted by molar-refractivity contribution is 0.0306. The zero-order valence-electron chi connectivity index (χ0n) is 9.55. The number of rotatable bonds is 2. The Morgan fingerprint density at radius 3 is 2.57 bits per heavy atom. The molecule has 1 fully saturated rings. The summed E-state index contributed by atoms with van der Waals surface area (Å²) >= 11 is 0. The Labute approximate surface area is 87.6 Å². The van der Waals surface area contributed by atoms with Crippen molar-refractivity contribution in [1.82, 2.24) is 4.90 Å². The largest absolute Gasteiger partial charge is 0.365 e. The van der Waals surface area contributed by atoms with Crippen LogP contribution in [0.4, 0.5) is 0 Å². The van der Waals surface area contributed by atoms with Gasteiger partial charge in [0.15, 0.2) is 0 Å². The number of ether oxygens (including phenoxy) is 1. The summed E-state index contributed by atoms with van der Waals surface area (Å²) in [5, 5.41) is 0. The Morgan fingerprint density at radius 2 is 2.00 bits per heavy atom. The average Bonchev–Trinajstić information content (AvgIpc) is 2.15. The van der Waals surface area contributed by atoms with Crippen LogP contribution in [-0.2, 0) is 4.74 Å².